The molecule has 8 heteroatoms. The number of esters is 1. The third-order valence-electron chi connectivity index (χ3n) is 5.81. The molecule has 1 saturated heterocycles. The van der Waals surface area contributed by atoms with E-state index in [0.29, 0.717) is 28.3 Å². The van der Waals surface area contributed by atoms with Crippen LogP contribution in [0.15, 0.2) is 84.4 Å². The number of hydrogen-bond acceptors (Lipinski definition) is 7. The molecule has 0 aliphatic carbocycles. The lowest BCUT2D eigenvalue weighted by atomic mass is 9.94. The summed E-state index contributed by atoms with van der Waals surface area (Å²) in [6.45, 7) is 1.98. The number of carbonyl (C=O) groups excluding carboxylic acids is 3. The van der Waals surface area contributed by atoms with Gasteiger partial charge in [0.05, 0.1) is 43.7 Å². The summed E-state index contributed by atoms with van der Waals surface area (Å²) >= 11 is 0. The maximum atomic E-state index is 13.5. The average Bonchev–Trinajstić information content (AvgIpc) is 3.18. The van der Waals surface area contributed by atoms with Crippen molar-refractivity contribution >= 4 is 29.0 Å². The highest BCUT2D eigenvalue weighted by Crippen LogP contribution is 2.42. The minimum atomic E-state index is -0.737. The SMILES string of the molecule is CCOC(=O)c1ccc(N2C(=O)C(=O)/C(=C(\NOC)c3ccc(OC)cc3)C2c2ccccc2)cc1. The van der Waals surface area contributed by atoms with Gasteiger partial charge in [-0.3, -0.25) is 24.8 Å². The zero-order valence-corrected chi connectivity index (χ0v) is 20.2. The molecule has 1 heterocycles. The van der Waals surface area contributed by atoms with E-state index in [4.69, 9.17) is 14.3 Å². The van der Waals surface area contributed by atoms with Gasteiger partial charge in [-0.15, -0.1) is 0 Å². The fraction of sp³-hybridized carbons (Fsp3) is 0.179. The Hall–Kier alpha value is -4.43. The van der Waals surface area contributed by atoms with Crippen LogP contribution in [0.25, 0.3) is 5.70 Å². The molecule has 1 amide bonds. The smallest absolute Gasteiger partial charge is 0.338 e. The second kappa shape index (κ2) is 10.9. The summed E-state index contributed by atoms with van der Waals surface area (Å²) < 4.78 is 10.3. The van der Waals surface area contributed by atoms with Crippen LogP contribution in [0.5, 0.6) is 5.75 Å². The molecule has 0 aromatic heterocycles. The largest absolute Gasteiger partial charge is 0.497 e. The number of methoxy groups -OCH3 is 1. The summed E-state index contributed by atoms with van der Waals surface area (Å²) in [6.07, 6.45) is 0. The second-order valence-corrected chi connectivity index (χ2v) is 7.91. The predicted octanol–water partition coefficient (Wildman–Crippen LogP) is 4.09. The first-order valence-corrected chi connectivity index (χ1v) is 11.4. The average molecular weight is 487 g/mol. The Morgan fingerprint density at radius 2 is 1.53 bits per heavy atom. The lowest BCUT2D eigenvalue weighted by Gasteiger charge is -2.26. The summed E-state index contributed by atoms with van der Waals surface area (Å²) in [6, 6.07) is 22.0. The molecule has 3 aromatic rings. The lowest BCUT2D eigenvalue weighted by molar-refractivity contribution is -0.132. The van der Waals surface area contributed by atoms with Crippen molar-refractivity contribution in [3.8, 4) is 5.75 Å². The highest BCUT2D eigenvalue weighted by atomic mass is 16.6. The molecule has 1 aliphatic rings. The first-order chi connectivity index (χ1) is 17.5. The van der Waals surface area contributed by atoms with Crippen LogP contribution < -0.4 is 15.1 Å². The molecule has 1 fully saturated rings. The number of amides is 1. The van der Waals surface area contributed by atoms with Crippen LogP contribution in [0.1, 0.15) is 34.5 Å². The van der Waals surface area contributed by atoms with Crippen molar-refractivity contribution in [3.05, 3.63) is 101 Å². The van der Waals surface area contributed by atoms with Crippen molar-refractivity contribution in [3.63, 3.8) is 0 Å². The second-order valence-electron chi connectivity index (χ2n) is 7.91. The molecule has 0 saturated carbocycles. The molecule has 0 radical (unpaired) electrons. The Balaban J connectivity index is 1.88. The van der Waals surface area contributed by atoms with Crippen LogP contribution in [0.2, 0.25) is 0 Å². The standard InChI is InChI=1S/C28H26N2O6/c1-4-36-28(33)20-10-14-21(15-11-20)30-25(19-8-6-5-7-9-19)23(26(31)27(30)32)24(29-35-3)18-12-16-22(34-2)17-13-18/h5-17,25,29H,4H2,1-3H3/b24-23-. The summed E-state index contributed by atoms with van der Waals surface area (Å²) in [7, 11) is 3.01. The molecule has 184 valence electrons. The van der Waals surface area contributed by atoms with Gasteiger partial charge >= 0.3 is 5.97 Å². The number of anilines is 1. The van der Waals surface area contributed by atoms with Gasteiger partial charge in [-0.25, -0.2) is 4.79 Å². The molecule has 1 aliphatic heterocycles. The number of ketones is 1. The molecule has 3 aromatic carbocycles. The van der Waals surface area contributed by atoms with E-state index >= 15 is 0 Å². The van der Waals surface area contributed by atoms with Crippen LogP contribution in [0, 0.1) is 0 Å². The molecule has 1 atom stereocenters. The Kier molecular flexibility index (Phi) is 7.46. The number of nitrogens with one attached hydrogen (secondary N) is 1. The lowest BCUT2D eigenvalue weighted by Crippen LogP contribution is -2.29. The van der Waals surface area contributed by atoms with E-state index < -0.39 is 23.7 Å². The van der Waals surface area contributed by atoms with Crippen LogP contribution in [-0.2, 0) is 19.2 Å². The molecular weight excluding hydrogens is 460 g/mol. The van der Waals surface area contributed by atoms with Crippen molar-refractivity contribution < 1.29 is 28.7 Å². The normalized spacial score (nSPS) is 16.6. The molecule has 0 spiro atoms. The van der Waals surface area contributed by atoms with Gasteiger partial charge in [0.25, 0.3) is 11.7 Å². The van der Waals surface area contributed by atoms with Crippen molar-refractivity contribution in [1.82, 2.24) is 5.48 Å². The molecule has 4 rings (SSSR count). The van der Waals surface area contributed by atoms with Crippen molar-refractivity contribution in [2.75, 3.05) is 25.7 Å². The number of hydrogen-bond donors (Lipinski definition) is 1. The van der Waals surface area contributed by atoms with Gasteiger partial charge in [-0.2, -0.15) is 0 Å². The maximum Gasteiger partial charge on any atom is 0.338 e. The van der Waals surface area contributed by atoms with E-state index in [2.05, 4.69) is 5.48 Å². The van der Waals surface area contributed by atoms with Gasteiger partial charge in [0, 0.05) is 11.3 Å². The molecule has 1 unspecified atom stereocenters. The van der Waals surface area contributed by atoms with Gasteiger partial charge in [0.1, 0.15) is 5.75 Å². The van der Waals surface area contributed by atoms with Crippen molar-refractivity contribution in [2.45, 2.75) is 13.0 Å². The minimum absolute atomic E-state index is 0.243. The summed E-state index contributed by atoms with van der Waals surface area (Å²) in [5, 5.41) is 0. The Morgan fingerprint density at radius 3 is 2.11 bits per heavy atom. The first-order valence-electron chi connectivity index (χ1n) is 11.4. The number of Topliss-reactive ketones (excluding diaryl/α,β-unsaturated/α-hetero) is 1. The van der Waals surface area contributed by atoms with Gasteiger partial charge in [0.2, 0.25) is 0 Å². The fourth-order valence-corrected chi connectivity index (χ4v) is 4.16. The summed E-state index contributed by atoms with van der Waals surface area (Å²) in [4.78, 5) is 45.7. The minimum Gasteiger partial charge on any atom is -0.497 e. The quantitative estimate of drug-likeness (QED) is 0.222. The molecule has 36 heavy (non-hydrogen) atoms. The third-order valence-corrected chi connectivity index (χ3v) is 5.81. The van der Waals surface area contributed by atoms with E-state index in [1.165, 1.54) is 12.0 Å². The van der Waals surface area contributed by atoms with Gasteiger partial charge in [0.15, 0.2) is 0 Å². The molecule has 0 bridgehead atoms. The number of nitrogens with zero attached hydrogens (tertiary/aromatic N) is 1. The van der Waals surface area contributed by atoms with Gasteiger partial charge in [-0.05, 0) is 61.0 Å². The number of carbonyl (C=O) groups is 3. The van der Waals surface area contributed by atoms with E-state index in [1.807, 2.05) is 30.3 Å². The van der Waals surface area contributed by atoms with Gasteiger partial charge in [-0.1, -0.05) is 30.3 Å². The Bertz CT molecular complexity index is 1280. The van der Waals surface area contributed by atoms with Crippen LogP contribution in [0.3, 0.4) is 0 Å². The molecule has 8 nitrogen and oxygen atoms in total. The molecular formula is C28H26N2O6. The zero-order chi connectivity index (χ0) is 25.7. The number of benzene rings is 3. The Labute approximate surface area is 209 Å². The summed E-state index contributed by atoms with van der Waals surface area (Å²) in [5.74, 6) is -1.16. The van der Waals surface area contributed by atoms with E-state index in [1.54, 1.807) is 62.6 Å². The van der Waals surface area contributed by atoms with Crippen LogP contribution in [-0.4, -0.2) is 38.5 Å². The highest BCUT2D eigenvalue weighted by Gasteiger charge is 2.46. The topological polar surface area (TPSA) is 94.2 Å². The number of rotatable bonds is 8. The maximum absolute atomic E-state index is 13.5. The predicted molar refractivity (Wildman–Crippen MR) is 134 cm³/mol. The van der Waals surface area contributed by atoms with Crippen LogP contribution in [0.4, 0.5) is 5.69 Å². The fourth-order valence-electron chi connectivity index (χ4n) is 4.16. The van der Waals surface area contributed by atoms with E-state index in [9.17, 15) is 14.4 Å². The number of hydroxylamine groups is 1. The monoisotopic (exact) mass is 486 g/mol. The Morgan fingerprint density at radius 1 is 0.889 bits per heavy atom. The zero-order valence-electron chi connectivity index (χ0n) is 20.2. The number of ether oxygens (including phenoxy) is 2. The molecule has 1 N–H and O–H groups in total. The van der Waals surface area contributed by atoms with E-state index in [0.717, 1.165) is 5.56 Å². The van der Waals surface area contributed by atoms with Crippen molar-refractivity contribution in [1.29, 1.82) is 0 Å². The van der Waals surface area contributed by atoms with Crippen molar-refractivity contribution in [2.24, 2.45) is 0 Å². The van der Waals surface area contributed by atoms with Crippen LogP contribution >= 0.6 is 0 Å². The third kappa shape index (κ3) is 4.71. The van der Waals surface area contributed by atoms with Gasteiger partial charge < -0.3 is 9.47 Å². The first kappa shape index (κ1) is 24.7. The highest BCUT2D eigenvalue weighted by molar-refractivity contribution is 6.52. The summed E-state index contributed by atoms with van der Waals surface area (Å²) in [5.41, 5.74) is 5.64. The van der Waals surface area contributed by atoms with E-state index in [-0.39, 0.29) is 12.2 Å².